The maximum Gasteiger partial charge on any atom is 0.231 e. The zero-order valence-corrected chi connectivity index (χ0v) is 16.9. The highest BCUT2D eigenvalue weighted by atomic mass is 35.5. The predicted molar refractivity (Wildman–Crippen MR) is 105 cm³/mol. The van der Waals surface area contributed by atoms with E-state index in [0.29, 0.717) is 21.8 Å². The van der Waals surface area contributed by atoms with E-state index in [-0.39, 0.29) is 30.9 Å². The van der Waals surface area contributed by atoms with Gasteiger partial charge in [0.05, 0.1) is 16.8 Å². The molecule has 0 aliphatic carbocycles. The number of amides is 1. The molecule has 9 heteroatoms. The molecule has 1 amide bonds. The zero-order chi connectivity index (χ0) is 19.6. The Morgan fingerprint density at radius 2 is 2.11 bits per heavy atom. The summed E-state index contributed by atoms with van der Waals surface area (Å²) in [6.45, 7) is 4.42. The Kier molecular flexibility index (Phi) is 8.43. The first-order valence-corrected chi connectivity index (χ1v) is 10.0. The maximum absolute atomic E-state index is 11.8. The van der Waals surface area contributed by atoms with E-state index in [0.717, 1.165) is 12.8 Å². The fraction of sp³-hybridized carbons (Fsp3) is 0.444. The summed E-state index contributed by atoms with van der Waals surface area (Å²) in [5.41, 5.74) is 0. The van der Waals surface area contributed by atoms with Gasteiger partial charge in [0.2, 0.25) is 5.91 Å². The molecule has 2 rings (SSSR count). The number of nitrogens with zero attached hydrogens (tertiary/aromatic N) is 4. The van der Waals surface area contributed by atoms with Crippen molar-refractivity contribution in [2.75, 3.05) is 12.3 Å². The molecule has 1 aromatic heterocycles. The summed E-state index contributed by atoms with van der Waals surface area (Å²) < 4.78 is 7.84. The number of para-hydroxylation sites is 1. The fourth-order valence-electron chi connectivity index (χ4n) is 2.55. The van der Waals surface area contributed by atoms with Crippen LogP contribution in [0.5, 0.6) is 5.75 Å². The Morgan fingerprint density at radius 3 is 2.78 bits per heavy atom. The number of aromatic nitrogens is 3. The standard InChI is InChI=1S/C18H22ClN5O2S/c1-3-13(4-2)24-16(11-26-15-8-6-5-7-14(15)19)22-23-18(24)27-12-17(25)21-10-9-20/h5-8,13H,3-4,10-12H2,1-2H3,(H,21,25). The van der Waals surface area contributed by atoms with Crippen LogP contribution in [0, 0.1) is 11.3 Å². The Hall–Kier alpha value is -2.24. The molecule has 7 nitrogen and oxygen atoms in total. The number of rotatable bonds is 10. The number of hydrogen-bond donors (Lipinski definition) is 1. The molecule has 0 fully saturated rings. The first kappa shape index (κ1) is 21.1. The number of nitrogens with one attached hydrogen (secondary N) is 1. The van der Waals surface area contributed by atoms with Gasteiger partial charge in [-0.05, 0) is 25.0 Å². The Balaban J connectivity index is 2.14. The molecule has 1 aromatic carbocycles. The number of nitriles is 1. The third kappa shape index (κ3) is 5.88. The first-order chi connectivity index (χ1) is 13.1. The van der Waals surface area contributed by atoms with Crippen LogP contribution in [-0.2, 0) is 11.4 Å². The van der Waals surface area contributed by atoms with Gasteiger partial charge in [-0.3, -0.25) is 4.79 Å². The van der Waals surface area contributed by atoms with Gasteiger partial charge in [-0.1, -0.05) is 49.3 Å². The van der Waals surface area contributed by atoms with Gasteiger partial charge in [0, 0.05) is 6.04 Å². The summed E-state index contributed by atoms with van der Waals surface area (Å²) >= 11 is 7.44. The first-order valence-electron chi connectivity index (χ1n) is 8.68. The molecule has 0 aliphatic heterocycles. The van der Waals surface area contributed by atoms with E-state index in [1.807, 2.05) is 22.8 Å². The van der Waals surface area contributed by atoms with Crippen molar-refractivity contribution < 1.29 is 9.53 Å². The van der Waals surface area contributed by atoms with Crippen molar-refractivity contribution in [2.24, 2.45) is 0 Å². The number of carbonyl (C=O) groups is 1. The van der Waals surface area contributed by atoms with E-state index in [1.165, 1.54) is 11.8 Å². The molecular weight excluding hydrogens is 386 g/mol. The van der Waals surface area contributed by atoms with Crippen LogP contribution < -0.4 is 10.1 Å². The van der Waals surface area contributed by atoms with Crippen molar-refractivity contribution in [3.05, 3.63) is 35.1 Å². The highest BCUT2D eigenvalue weighted by molar-refractivity contribution is 7.99. The van der Waals surface area contributed by atoms with Gasteiger partial charge in [0.1, 0.15) is 18.9 Å². The molecule has 144 valence electrons. The third-order valence-electron chi connectivity index (χ3n) is 3.93. The van der Waals surface area contributed by atoms with Gasteiger partial charge in [-0.2, -0.15) is 5.26 Å². The second kappa shape index (κ2) is 10.8. The lowest BCUT2D eigenvalue weighted by molar-refractivity contribution is -0.118. The maximum atomic E-state index is 11.8. The molecule has 0 bridgehead atoms. The van der Waals surface area contributed by atoms with Gasteiger partial charge in [0.15, 0.2) is 11.0 Å². The number of halogens is 1. The summed E-state index contributed by atoms with van der Waals surface area (Å²) in [6.07, 6.45) is 1.81. The summed E-state index contributed by atoms with van der Waals surface area (Å²) in [5, 5.41) is 20.8. The number of carbonyl (C=O) groups excluding carboxylic acids is 1. The van der Waals surface area contributed by atoms with Gasteiger partial charge < -0.3 is 14.6 Å². The van der Waals surface area contributed by atoms with E-state index in [1.54, 1.807) is 12.1 Å². The quantitative estimate of drug-likeness (QED) is 0.477. The molecule has 27 heavy (non-hydrogen) atoms. The summed E-state index contributed by atoms with van der Waals surface area (Å²) in [4.78, 5) is 11.8. The van der Waals surface area contributed by atoms with Crippen molar-refractivity contribution in [2.45, 2.75) is 44.5 Å². The van der Waals surface area contributed by atoms with Crippen LogP contribution in [0.1, 0.15) is 38.6 Å². The number of benzene rings is 1. The number of hydrogen-bond acceptors (Lipinski definition) is 6. The largest absolute Gasteiger partial charge is 0.484 e. The van der Waals surface area contributed by atoms with Crippen molar-refractivity contribution in [3.63, 3.8) is 0 Å². The molecule has 2 aromatic rings. The van der Waals surface area contributed by atoms with Gasteiger partial charge in [0.25, 0.3) is 0 Å². The van der Waals surface area contributed by atoms with Gasteiger partial charge in [-0.15, -0.1) is 10.2 Å². The van der Waals surface area contributed by atoms with E-state index in [9.17, 15) is 4.79 Å². The fourth-order valence-corrected chi connectivity index (χ4v) is 3.59. The molecule has 0 aliphatic rings. The van der Waals surface area contributed by atoms with Crippen molar-refractivity contribution in [1.82, 2.24) is 20.1 Å². The normalized spacial score (nSPS) is 10.6. The van der Waals surface area contributed by atoms with E-state index >= 15 is 0 Å². The smallest absolute Gasteiger partial charge is 0.231 e. The summed E-state index contributed by atoms with van der Waals surface area (Å²) in [7, 11) is 0. The molecular formula is C18H22ClN5O2S. The molecule has 0 spiro atoms. The van der Waals surface area contributed by atoms with E-state index < -0.39 is 0 Å². The lowest BCUT2D eigenvalue weighted by atomic mass is 10.2. The molecule has 0 atom stereocenters. The molecule has 0 radical (unpaired) electrons. The average Bonchev–Trinajstić information content (AvgIpc) is 3.08. The van der Waals surface area contributed by atoms with Gasteiger partial charge >= 0.3 is 0 Å². The van der Waals surface area contributed by atoms with Crippen molar-refractivity contribution >= 4 is 29.3 Å². The highest BCUT2D eigenvalue weighted by Gasteiger charge is 2.20. The predicted octanol–water partition coefficient (Wildman–Crippen LogP) is 3.60. The highest BCUT2D eigenvalue weighted by Crippen LogP contribution is 2.28. The second-order valence-corrected chi connectivity index (χ2v) is 7.03. The van der Waals surface area contributed by atoms with E-state index in [2.05, 4.69) is 29.4 Å². The second-order valence-electron chi connectivity index (χ2n) is 5.68. The van der Waals surface area contributed by atoms with Crippen LogP contribution in [0.3, 0.4) is 0 Å². The number of thioether (sulfide) groups is 1. The third-order valence-corrected chi connectivity index (χ3v) is 5.19. The minimum atomic E-state index is -0.213. The van der Waals surface area contributed by atoms with Crippen LogP contribution in [0.2, 0.25) is 5.02 Å². The molecule has 0 unspecified atom stereocenters. The van der Waals surface area contributed by atoms with E-state index in [4.69, 9.17) is 21.6 Å². The SMILES string of the molecule is CCC(CC)n1c(COc2ccccc2Cl)nnc1SCC(=O)NCC#N. The molecule has 0 saturated heterocycles. The minimum Gasteiger partial charge on any atom is -0.484 e. The minimum absolute atomic E-state index is 0.00441. The lowest BCUT2D eigenvalue weighted by Gasteiger charge is -2.19. The lowest BCUT2D eigenvalue weighted by Crippen LogP contribution is -2.25. The topological polar surface area (TPSA) is 92.8 Å². The van der Waals surface area contributed by atoms with Crippen LogP contribution >= 0.6 is 23.4 Å². The van der Waals surface area contributed by atoms with Crippen LogP contribution in [-0.4, -0.2) is 33.0 Å². The van der Waals surface area contributed by atoms with Crippen LogP contribution in [0.15, 0.2) is 29.4 Å². The Labute approximate surface area is 168 Å². The van der Waals surface area contributed by atoms with Crippen LogP contribution in [0.4, 0.5) is 0 Å². The summed E-state index contributed by atoms with van der Waals surface area (Å²) in [6, 6.07) is 9.35. The van der Waals surface area contributed by atoms with Crippen LogP contribution in [0.25, 0.3) is 0 Å². The van der Waals surface area contributed by atoms with Crippen molar-refractivity contribution in [3.8, 4) is 11.8 Å². The van der Waals surface area contributed by atoms with Gasteiger partial charge in [-0.25, -0.2) is 0 Å². The average molecular weight is 408 g/mol. The Bertz CT molecular complexity index is 801. The van der Waals surface area contributed by atoms with Crippen molar-refractivity contribution in [1.29, 1.82) is 5.26 Å². The number of ether oxygens (including phenoxy) is 1. The summed E-state index contributed by atoms with van der Waals surface area (Å²) in [5.74, 6) is 1.23. The monoisotopic (exact) mass is 407 g/mol. The Morgan fingerprint density at radius 1 is 1.37 bits per heavy atom. The zero-order valence-electron chi connectivity index (χ0n) is 15.3. The molecule has 1 N–H and O–H groups in total. The molecule has 0 saturated carbocycles. The molecule has 1 heterocycles.